The summed E-state index contributed by atoms with van der Waals surface area (Å²) in [6, 6.07) is 0. The Labute approximate surface area is 112 Å². The van der Waals surface area contributed by atoms with E-state index in [4.69, 9.17) is 4.74 Å². The van der Waals surface area contributed by atoms with Gasteiger partial charge < -0.3 is 9.47 Å². The molecule has 0 fully saturated rings. The lowest BCUT2D eigenvalue weighted by atomic mass is 10.2. The average Bonchev–Trinajstić information content (AvgIpc) is 2.24. The molecule has 0 aromatic heterocycles. The van der Waals surface area contributed by atoms with Gasteiger partial charge in [0, 0.05) is 0 Å². The fourth-order valence-corrected chi connectivity index (χ4v) is 0.980. The van der Waals surface area contributed by atoms with Crippen LogP contribution in [0.2, 0.25) is 0 Å². The van der Waals surface area contributed by atoms with Gasteiger partial charge in [0.15, 0.2) is 0 Å². The van der Waals surface area contributed by atoms with Gasteiger partial charge in [-0.1, -0.05) is 12.7 Å². The number of esters is 1. The Morgan fingerprint density at radius 2 is 1.84 bits per heavy atom. The summed E-state index contributed by atoms with van der Waals surface area (Å²) in [5.74, 6) is -1.65. The van der Waals surface area contributed by atoms with Crippen LogP contribution < -0.4 is 0 Å². The maximum Gasteiger partial charge on any atom is 0.442 e. The van der Waals surface area contributed by atoms with Crippen LogP contribution in [0.1, 0.15) is 27.2 Å². The van der Waals surface area contributed by atoms with Crippen LogP contribution in [0.15, 0.2) is 12.7 Å². The second-order valence-electron chi connectivity index (χ2n) is 4.50. The number of nitrogens with zero attached hydrogens (tertiary/aromatic N) is 1. The zero-order valence-electron chi connectivity index (χ0n) is 11.6. The molecule has 0 aliphatic rings. The molecule has 0 bridgehead atoms. The molecular formula is C12H19NO6. The maximum atomic E-state index is 11.6. The highest BCUT2D eigenvalue weighted by atomic mass is 16.7. The average molecular weight is 273 g/mol. The third kappa shape index (κ3) is 7.20. The van der Waals surface area contributed by atoms with Crippen molar-refractivity contribution >= 4 is 18.0 Å². The van der Waals surface area contributed by atoms with Gasteiger partial charge in [-0.05, 0) is 20.8 Å². The molecule has 0 aromatic carbocycles. The Kier molecular flexibility index (Phi) is 6.78. The monoisotopic (exact) mass is 273 g/mol. The fraction of sp³-hybridized carbons (Fsp3) is 0.583. The van der Waals surface area contributed by atoms with E-state index in [1.54, 1.807) is 20.8 Å². The van der Waals surface area contributed by atoms with Gasteiger partial charge in [0.05, 0.1) is 7.11 Å². The van der Waals surface area contributed by atoms with Crippen LogP contribution in [0.3, 0.4) is 0 Å². The molecule has 0 atom stereocenters. The Bertz CT molecular complexity index is 358. The summed E-state index contributed by atoms with van der Waals surface area (Å²) in [7, 11) is 1.12. The van der Waals surface area contributed by atoms with Gasteiger partial charge in [-0.15, -0.1) is 5.06 Å². The summed E-state index contributed by atoms with van der Waals surface area (Å²) >= 11 is 0. The van der Waals surface area contributed by atoms with Crippen molar-refractivity contribution in [2.24, 2.45) is 0 Å². The van der Waals surface area contributed by atoms with E-state index in [-0.39, 0.29) is 6.61 Å². The zero-order chi connectivity index (χ0) is 15.1. The van der Waals surface area contributed by atoms with Crippen molar-refractivity contribution in [3.8, 4) is 0 Å². The minimum atomic E-state index is -0.989. The number of carbonyl (C=O) groups is 3. The van der Waals surface area contributed by atoms with E-state index in [9.17, 15) is 14.4 Å². The standard InChI is InChI=1S/C12H19NO6/c1-6-7-18-10(15)8-9(14)13(17-5)11(16)19-12(2,3)4/h6H,1,7-8H2,2-5H3. The SMILES string of the molecule is C=CCOC(=O)CC(=O)N(OC)C(=O)OC(C)(C)C. The molecule has 108 valence electrons. The highest BCUT2D eigenvalue weighted by Gasteiger charge is 2.29. The first-order valence-corrected chi connectivity index (χ1v) is 5.58. The van der Waals surface area contributed by atoms with E-state index < -0.39 is 30.0 Å². The van der Waals surface area contributed by atoms with Gasteiger partial charge in [0.25, 0.3) is 5.91 Å². The van der Waals surface area contributed by atoms with Crippen molar-refractivity contribution in [1.29, 1.82) is 0 Å². The minimum absolute atomic E-state index is 0.00840. The van der Waals surface area contributed by atoms with Gasteiger partial charge >= 0.3 is 12.1 Å². The van der Waals surface area contributed by atoms with Gasteiger partial charge in [0.1, 0.15) is 18.6 Å². The largest absolute Gasteiger partial charge is 0.461 e. The molecule has 0 saturated heterocycles. The van der Waals surface area contributed by atoms with Gasteiger partial charge in [-0.25, -0.2) is 4.79 Å². The number of imide groups is 1. The Morgan fingerprint density at radius 1 is 1.26 bits per heavy atom. The zero-order valence-corrected chi connectivity index (χ0v) is 11.6. The van der Waals surface area contributed by atoms with Crippen molar-refractivity contribution in [3.63, 3.8) is 0 Å². The topological polar surface area (TPSA) is 82.1 Å². The summed E-state index contributed by atoms with van der Waals surface area (Å²) in [5.41, 5.74) is -0.780. The lowest BCUT2D eigenvalue weighted by molar-refractivity contribution is -0.172. The number of ether oxygens (including phenoxy) is 2. The number of amides is 2. The first kappa shape index (κ1) is 17.1. The van der Waals surface area contributed by atoms with Gasteiger partial charge in [0.2, 0.25) is 0 Å². The number of carbonyl (C=O) groups excluding carboxylic acids is 3. The maximum absolute atomic E-state index is 11.6. The van der Waals surface area contributed by atoms with E-state index in [1.807, 2.05) is 0 Å². The van der Waals surface area contributed by atoms with E-state index >= 15 is 0 Å². The quantitative estimate of drug-likeness (QED) is 0.326. The first-order chi connectivity index (χ1) is 8.71. The molecule has 0 aliphatic heterocycles. The van der Waals surface area contributed by atoms with E-state index in [0.29, 0.717) is 5.06 Å². The van der Waals surface area contributed by atoms with Crippen LogP contribution >= 0.6 is 0 Å². The Morgan fingerprint density at radius 3 is 2.26 bits per heavy atom. The van der Waals surface area contributed by atoms with Crippen molar-refractivity contribution in [3.05, 3.63) is 12.7 Å². The molecule has 0 N–H and O–H groups in total. The highest BCUT2D eigenvalue weighted by Crippen LogP contribution is 2.11. The molecule has 2 amide bonds. The van der Waals surface area contributed by atoms with Crippen LogP contribution in [0.5, 0.6) is 0 Å². The summed E-state index contributed by atoms with van der Waals surface area (Å²) in [4.78, 5) is 39.1. The molecule has 7 nitrogen and oxygen atoms in total. The van der Waals surface area contributed by atoms with Crippen LogP contribution in [-0.2, 0) is 23.9 Å². The molecule has 0 unspecified atom stereocenters. The van der Waals surface area contributed by atoms with Crippen molar-refractivity contribution in [2.75, 3.05) is 13.7 Å². The summed E-state index contributed by atoms with van der Waals surface area (Å²) in [6.07, 6.45) is -0.248. The molecule has 7 heteroatoms. The molecule has 19 heavy (non-hydrogen) atoms. The van der Waals surface area contributed by atoms with Crippen LogP contribution in [0, 0.1) is 0 Å². The molecule has 0 rings (SSSR count). The van der Waals surface area contributed by atoms with Crippen LogP contribution in [0.4, 0.5) is 4.79 Å². The van der Waals surface area contributed by atoms with E-state index in [0.717, 1.165) is 7.11 Å². The van der Waals surface area contributed by atoms with Gasteiger partial charge in [-0.2, -0.15) is 0 Å². The highest BCUT2D eigenvalue weighted by molar-refractivity contribution is 6.00. The fourth-order valence-electron chi connectivity index (χ4n) is 0.980. The second kappa shape index (κ2) is 7.52. The summed E-state index contributed by atoms with van der Waals surface area (Å²) < 4.78 is 9.57. The summed E-state index contributed by atoms with van der Waals surface area (Å²) in [6.45, 7) is 8.27. The van der Waals surface area contributed by atoms with Gasteiger partial charge in [-0.3, -0.25) is 14.4 Å². The second-order valence-corrected chi connectivity index (χ2v) is 4.50. The number of hydroxylamine groups is 2. The summed E-state index contributed by atoms with van der Waals surface area (Å²) in [5, 5.41) is 0.375. The third-order valence-corrected chi connectivity index (χ3v) is 1.63. The van der Waals surface area contributed by atoms with E-state index in [1.165, 1.54) is 6.08 Å². The van der Waals surface area contributed by atoms with Crippen LogP contribution in [-0.4, -0.2) is 42.4 Å². The third-order valence-electron chi connectivity index (χ3n) is 1.63. The first-order valence-electron chi connectivity index (χ1n) is 5.58. The molecule has 0 spiro atoms. The molecule has 0 aliphatic carbocycles. The Balaban J connectivity index is 4.51. The van der Waals surface area contributed by atoms with E-state index in [2.05, 4.69) is 16.2 Å². The number of hydrogen-bond acceptors (Lipinski definition) is 6. The van der Waals surface area contributed by atoms with Crippen molar-refractivity contribution < 1.29 is 28.7 Å². The smallest absolute Gasteiger partial charge is 0.442 e. The number of rotatable bonds is 5. The lowest BCUT2D eigenvalue weighted by Crippen LogP contribution is -2.41. The normalized spacial score (nSPS) is 10.5. The predicted molar refractivity (Wildman–Crippen MR) is 65.9 cm³/mol. The molecule has 0 saturated carbocycles. The molecule has 0 radical (unpaired) electrons. The number of hydrogen-bond donors (Lipinski definition) is 0. The molecule has 0 heterocycles. The van der Waals surface area contributed by atoms with Crippen molar-refractivity contribution in [2.45, 2.75) is 32.8 Å². The lowest BCUT2D eigenvalue weighted by Gasteiger charge is -2.24. The predicted octanol–water partition coefficient (Wildman–Crippen LogP) is 1.43. The van der Waals surface area contributed by atoms with Crippen LogP contribution in [0.25, 0.3) is 0 Å². The van der Waals surface area contributed by atoms with Crippen molar-refractivity contribution in [1.82, 2.24) is 5.06 Å². The molecule has 0 aromatic rings. The molecular weight excluding hydrogens is 254 g/mol. The minimum Gasteiger partial charge on any atom is -0.461 e. The Hall–Kier alpha value is -1.89.